The van der Waals surface area contributed by atoms with Crippen molar-refractivity contribution < 1.29 is 19.4 Å². The fraction of sp³-hybridized carbons (Fsp3) is 0.714. The van der Waals surface area contributed by atoms with Crippen molar-refractivity contribution in [1.29, 1.82) is 0 Å². The number of esters is 1. The van der Waals surface area contributed by atoms with Crippen molar-refractivity contribution in [2.24, 2.45) is 5.92 Å². The minimum absolute atomic E-state index is 0.268. The summed E-state index contributed by atoms with van der Waals surface area (Å²) in [6.45, 7) is 4.05. The molecule has 2 atom stereocenters. The number of Topliss-reactive ketones (excluding diaryl/α,β-unsaturated/α-hetero) is 1. The van der Waals surface area contributed by atoms with Crippen molar-refractivity contribution in [2.75, 3.05) is 0 Å². The Morgan fingerprint density at radius 3 is 2.09 bits per heavy atom. The highest BCUT2D eigenvalue weighted by molar-refractivity contribution is 5.97. The summed E-state index contributed by atoms with van der Waals surface area (Å²) in [5, 5.41) is 8.60. The SMILES string of the molecule is CC(=O)C(C)C(=O)OC(C)O. The van der Waals surface area contributed by atoms with Gasteiger partial charge < -0.3 is 9.84 Å². The molecular formula is C7H12O4. The standard InChI is InChI=1S/C7H12O4/c1-4(5(2)8)7(10)11-6(3)9/h4,6,9H,1-3H3. The molecule has 11 heavy (non-hydrogen) atoms. The first-order valence-electron chi connectivity index (χ1n) is 3.34. The number of aliphatic hydroxyl groups excluding tert-OH is 1. The number of rotatable bonds is 3. The van der Waals surface area contributed by atoms with Crippen molar-refractivity contribution in [3.05, 3.63) is 0 Å². The third kappa shape index (κ3) is 3.72. The van der Waals surface area contributed by atoms with Crippen LogP contribution in [0.4, 0.5) is 0 Å². The Balaban J connectivity index is 3.93. The van der Waals surface area contributed by atoms with Crippen LogP contribution in [-0.2, 0) is 14.3 Å². The van der Waals surface area contributed by atoms with Gasteiger partial charge in [0.2, 0.25) is 0 Å². The number of hydrogen-bond acceptors (Lipinski definition) is 4. The molecule has 4 heteroatoms. The van der Waals surface area contributed by atoms with Crippen LogP contribution < -0.4 is 0 Å². The van der Waals surface area contributed by atoms with E-state index in [0.717, 1.165) is 0 Å². The third-order valence-electron chi connectivity index (χ3n) is 1.25. The van der Waals surface area contributed by atoms with Crippen LogP contribution in [0.25, 0.3) is 0 Å². The van der Waals surface area contributed by atoms with Crippen LogP contribution in [0.15, 0.2) is 0 Å². The van der Waals surface area contributed by atoms with E-state index in [1.54, 1.807) is 0 Å². The highest BCUT2D eigenvalue weighted by atomic mass is 16.6. The van der Waals surface area contributed by atoms with Gasteiger partial charge in [0, 0.05) is 0 Å². The molecule has 0 aliphatic rings. The van der Waals surface area contributed by atoms with Gasteiger partial charge in [0.15, 0.2) is 6.29 Å². The maximum Gasteiger partial charge on any atom is 0.318 e. The zero-order valence-corrected chi connectivity index (χ0v) is 6.83. The smallest absolute Gasteiger partial charge is 0.318 e. The molecule has 0 rings (SSSR count). The number of ketones is 1. The molecule has 0 radical (unpaired) electrons. The molecular weight excluding hydrogens is 148 g/mol. The summed E-state index contributed by atoms with van der Waals surface area (Å²) in [5.74, 6) is -1.74. The van der Waals surface area contributed by atoms with E-state index >= 15 is 0 Å². The Hall–Kier alpha value is -0.900. The molecule has 0 aliphatic heterocycles. The summed E-state index contributed by atoms with van der Waals surface area (Å²) in [5.41, 5.74) is 0. The summed E-state index contributed by atoms with van der Waals surface area (Å²) >= 11 is 0. The minimum atomic E-state index is -1.15. The highest BCUT2D eigenvalue weighted by Gasteiger charge is 2.20. The topological polar surface area (TPSA) is 63.6 Å². The van der Waals surface area contributed by atoms with Gasteiger partial charge in [0.05, 0.1) is 0 Å². The maximum absolute atomic E-state index is 10.8. The van der Waals surface area contributed by atoms with E-state index in [9.17, 15) is 9.59 Å². The van der Waals surface area contributed by atoms with Gasteiger partial charge in [-0.15, -0.1) is 0 Å². The molecule has 0 amide bonds. The van der Waals surface area contributed by atoms with Crippen LogP contribution in [-0.4, -0.2) is 23.1 Å². The lowest BCUT2D eigenvalue weighted by molar-refractivity contribution is -0.170. The van der Waals surface area contributed by atoms with Gasteiger partial charge in [-0.25, -0.2) is 0 Å². The molecule has 0 saturated carbocycles. The third-order valence-corrected chi connectivity index (χ3v) is 1.25. The Morgan fingerprint density at radius 2 is 1.82 bits per heavy atom. The second kappa shape index (κ2) is 4.08. The van der Waals surface area contributed by atoms with Crippen molar-refractivity contribution in [3.63, 3.8) is 0 Å². The zero-order valence-electron chi connectivity index (χ0n) is 6.83. The lowest BCUT2D eigenvalue weighted by Gasteiger charge is -2.09. The Labute approximate surface area is 65.2 Å². The van der Waals surface area contributed by atoms with E-state index < -0.39 is 18.2 Å². The Kier molecular flexibility index (Phi) is 3.74. The highest BCUT2D eigenvalue weighted by Crippen LogP contribution is 2.01. The molecule has 0 aromatic heterocycles. The first kappa shape index (κ1) is 10.1. The van der Waals surface area contributed by atoms with Crippen LogP contribution in [0.1, 0.15) is 20.8 Å². The summed E-state index contributed by atoms with van der Waals surface area (Å²) in [6.07, 6.45) is -1.15. The summed E-state index contributed by atoms with van der Waals surface area (Å²) in [7, 11) is 0. The lowest BCUT2D eigenvalue weighted by atomic mass is 10.1. The molecule has 2 unspecified atom stereocenters. The van der Waals surface area contributed by atoms with Crippen molar-refractivity contribution in [3.8, 4) is 0 Å². The Morgan fingerprint density at radius 1 is 1.36 bits per heavy atom. The number of aliphatic hydroxyl groups is 1. The normalized spacial score (nSPS) is 15.3. The van der Waals surface area contributed by atoms with E-state index in [2.05, 4.69) is 4.74 Å². The average molecular weight is 160 g/mol. The van der Waals surface area contributed by atoms with Gasteiger partial charge in [-0.1, -0.05) is 0 Å². The fourth-order valence-electron chi connectivity index (χ4n) is 0.436. The quantitative estimate of drug-likeness (QED) is 0.361. The first-order chi connectivity index (χ1) is 4.95. The average Bonchev–Trinajstić information content (AvgIpc) is 1.84. The minimum Gasteiger partial charge on any atom is -0.436 e. The molecule has 0 saturated heterocycles. The van der Waals surface area contributed by atoms with Gasteiger partial charge in [-0.05, 0) is 20.8 Å². The molecule has 0 heterocycles. The maximum atomic E-state index is 10.8. The van der Waals surface area contributed by atoms with Gasteiger partial charge in [0.1, 0.15) is 11.7 Å². The lowest BCUT2D eigenvalue weighted by Crippen LogP contribution is -2.24. The van der Waals surface area contributed by atoms with Gasteiger partial charge >= 0.3 is 5.97 Å². The van der Waals surface area contributed by atoms with Crippen LogP contribution >= 0.6 is 0 Å². The van der Waals surface area contributed by atoms with E-state index in [0.29, 0.717) is 0 Å². The van der Waals surface area contributed by atoms with Crippen molar-refractivity contribution >= 4 is 11.8 Å². The van der Waals surface area contributed by atoms with Gasteiger partial charge in [0.25, 0.3) is 0 Å². The van der Waals surface area contributed by atoms with Crippen LogP contribution in [0.3, 0.4) is 0 Å². The van der Waals surface area contributed by atoms with Gasteiger partial charge in [-0.2, -0.15) is 0 Å². The molecule has 0 bridgehead atoms. The molecule has 4 nitrogen and oxygen atoms in total. The largest absolute Gasteiger partial charge is 0.436 e. The molecule has 1 N–H and O–H groups in total. The number of carbonyl (C=O) groups is 2. The van der Waals surface area contributed by atoms with E-state index in [-0.39, 0.29) is 5.78 Å². The van der Waals surface area contributed by atoms with E-state index in [4.69, 9.17) is 5.11 Å². The fourth-order valence-corrected chi connectivity index (χ4v) is 0.436. The number of carbonyl (C=O) groups excluding carboxylic acids is 2. The monoisotopic (exact) mass is 160 g/mol. The van der Waals surface area contributed by atoms with Crippen LogP contribution in [0, 0.1) is 5.92 Å². The molecule has 0 spiro atoms. The molecule has 64 valence electrons. The second-order valence-electron chi connectivity index (χ2n) is 2.37. The van der Waals surface area contributed by atoms with Crippen molar-refractivity contribution in [2.45, 2.75) is 27.1 Å². The number of ether oxygens (including phenoxy) is 1. The second-order valence-corrected chi connectivity index (χ2v) is 2.37. The molecule has 0 aromatic rings. The van der Waals surface area contributed by atoms with Crippen LogP contribution in [0.5, 0.6) is 0 Å². The number of hydrogen-bond donors (Lipinski definition) is 1. The van der Waals surface area contributed by atoms with Gasteiger partial charge in [-0.3, -0.25) is 9.59 Å². The van der Waals surface area contributed by atoms with E-state index in [1.807, 2.05) is 0 Å². The molecule has 0 aromatic carbocycles. The summed E-state index contributed by atoms with van der Waals surface area (Å²) < 4.78 is 4.37. The summed E-state index contributed by atoms with van der Waals surface area (Å²) in [6, 6.07) is 0. The van der Waals surface area contributed by atoms with Crippen molar-refractivity contribution in [1.82, 2.24) is 0 Å². The first-order valence-corrected chi connectivity index (χ1v) is 3.34. The predicted molar refractivity (Wildman–Crippen MR) is 37.6 cm³/mol. The van der Waals surface area contributed by atoms with E-state index in [1.165, 1.54) is 20.8 Å². The molecule has 0 fully saturated rings. The summed E-state index contributed by atoms with van der Waals surface area (Å²) in [4.78, 5) is 21.4. The predicted octanol–water partition coefficient (Wildman–Crippen LogP) is 0.0930. The van der Waals surface area contributed by atoms with Crippen LogP contribution in [0.2, 0.25) is 0 Å². The molecule has 0 aliphatic carbocycles. The zero-order chi connectivity index (χ0) is 9.02. The Bertz CT molecular complexity index is 162.